The van der Waals surface area contributed by atoms with Crippen molar-refractivity contribution in [3.63, 3.8) is 0 Å². The molecule has 0 bridgehead atoms. The molecule has 2 rings (SSSR count). The standard InChI is InChI=1S/C15H20FNO2/c1-10-5-6-11(12(16)8-10)14(19)17-13-4-3-7-15(13,2)9-18/h5-6,8,13,18H,3-4,7,9H2,1-2H3,(H,17,19). The van der Waals surface area contributed by atoms with Crippen molar-refractivity contribution in [2.75, 3.05) is 6.61 Å². The predicted octanol–water partition coefficient (Wildman–Crippen LogP) is 2.42. The van der Waals surface area contributed by atoms with Gasteiger partial charge in [-0.2, -0.15) is 0 Å². The van der Waals surface area contributed by atoms with Crippen LogP contribution in [0.15, 0.2) is 18.2 Å². The Bertz CT molecular complexity index is 489. The van der Waals surface area contributed by atoms with Crippen molar-refractivity contribution in [3.8, 4) is 0 Å². The minimum atomic E-state index is -0.499. The van der Waals surface area contributed by atoms with Crippen LogP contribution in [0.2, 0.25) is 0 Å². The maximum Gasteiger partial charge on any atom is 0.254 e. The van der Waals surface area contributed by atoms with E-state index < -0.39 is 11.7 Å². The lowest BCUT2D eigenvalue weighted by molar-refractivity contribution is 0.0827. The van der Waals surface area contributed by atoms with Crippen molar-refractivity contribution in [1.29, 1.82) is 0 Å². The van der Waals surface area contributed by atoms with E-state index in [1.165, 1.54) is 12.1 Å². The van der Waals surface area contributed by atoms with Crippen LogP contribution in [0, 0.1) is 18.2 Å². The van der Waals surface area contributed by atoms with E-state index >= 15 is 0 Å². The van der Waals surface area contributed by atoms with Crippen LogP contribution in [0.3, 0.4) is 0 Å². The van der Waals surface area contributed by atoms with E-state index in [9.17, 15) is 14.3 Å². The SMILES string of the molecule is Cc1ccc(C(=O)NC2CCCC2(C)CO)c(F)c1. The highest BCUT2D eigenvalue weighted by molar-refractivity contribution is 5.94. The molecular weight excluding hydrogens is 245 g/mol. The zero-order valence-corrected chi connectivity index (χ0v) is 11.4. The lowest BCUT2D eigenvalue weighted by Crippen LogP contribution is -2.45. The van der Waals surface area contributed by atoms with Crippen molar-refractivity contribution in [2.24, 2.45) is 5.41 Å². The second kappa shape index (κ2) is 5.29. The summed E-state index contributed by atoms with van der Waals surface area (Å²) in [5.74, 6) is -0.898. The van der Waals surface area contributed by atoms with E-state index in [2.05, 4.69) is 5.32 Å². The summed E-state index contributed by atoms with van der Waals surface area (Å²) in [7, 11) is 0. The Hall–Kier alpha value is -1.42. The van der Waals surface area contributed by atoms with Crippen LogP contribution < -0.4 is 5.32 Å². The first-order valence-electron chi connectivity index (χ1n) is 6.64. The van der Waals surface area contributed by atoms with Gasteiger partial charge in [0.25, 0.3) is 5.91 Å². The van der Waals surface area contributed by atoms with Crippen molar-refractivity contribution in [2.45, 2.75) is 39.2 Å². The average molecular weight is 265 g/mol. The summed E-state index contributed by atoms with van der Waals surface area (Å²) in [6.07, 6.45) is 2.68. The molecule has 1 aromatic carbocycles. The molecule has 1 aromatic rings. The zero-order valence-electron chi connectivity index (χ0n) is 11.4. The molecule has 1 fully saturated rings. The van der Waals surface area contributed by atoms with Crippen LogP contribution >= 0.6 is 0 Å². The van der Waals surface area contributed by atoms with Crippen molar-refractivity contribution in [3.05, 3.63) is 35.1 Å². The Labute approximate surface area is 112 Å². The Morgan fingerprint density at radius 1 is 1.58 bits per heavy atom. The third-order valence-corrected chi connectivity index (χ3v) is 4.12. The third-order valence-electron chi connectivity index (χ3n) is 4.12. The van der Waals surface area contributed by atoms with E-state index in [4.69, 9.17) is 0 Å². The number of hydrogen-bond acceptors (Lipinski definition) is 2. The number of nitrogens with one attached hydrogen (secondary N) is 1. The summed E-state index contributed by atoms with van der Waals surface area (Å²) in [4.78, 5) is 12.1. The Morgan fingerprint density at radius 3 is 2.95 bits per heavy atom. The van der Waals surface area contributed by atoms with Crippen molar-refractivity contribution < 1.29 is 14.3 Å². The van der Waals surface area contributed by atoms with E-state index in [-0.39, 0.29) is 23.6 Å². The quantitative estimate of drug-likeness (QED) is 0.881. The van der Waals surface area contributed by atoms with Gasteiger partial charge < -0.3 is 10.4 Å². The van der Waals surface area contributed by atoms with E-state index in [1.807, 2.05) is 6.92 Å². The molecule has 1 saturated carbocycles. The van der Waals surface area contributed by atoms with E-state index in [1.54, 1.807) is 13.0 Å². The fourth-order valence-electron chi connectivity index (χ4n) is 2.71. The number of aryl methyl sites for hydroxylation is 1. The fraction of sp³-hybridized carbons (Fsp3) is 0.533. The topological polar surface area (TPSA) is 49.3 Å². The van der Waals surface area contributed by atoms with Gasteiger partial charge in [0, 0.05) is 11.5 Å². The normalized spacial score (nSPS) is 26.4. The molecule has 3 nitrogen and oxygen atoms in total. The molecule has 2 N–H and O–H groups in total. The first-order valence-corrected chi connectivity index (χ1v) is 6.64. The Balaban J connectivity index is 2.13. The first-order chi connectivity index (χ1) is 8.96. The Morgan fingerprint density at radius 2 is 2.32 bits per heavy atom. The number of rotatable bonds is 3. The first kappa shape index (κ1) is 14.0. The van der Waals surface area contributed by atoms with Crippen LogP contribution in [-0.4, -0.2) is 23.7 Å². The molecule has 0 aromatic heterocycles. The van der Waals surface area contributed by atoms with Gasteiger partial charge in [0.05, 0.1) is 12.2 Å². The number of aliphatic hydroxyl groups is 1. The van der Waals surface area contributed by atoms with Crippen LogP contribution in [0.4, 0.5) is 4.39 Å². The number of carbonyl (C=O) groups is 1. The molecule has 2 unspecified atom stereocenters. The molecule has 0 spiro atoms. The van der Waals surface area contributed by atoms with Gasteiger partial charge in [-0.25, -0.2) is 4.39 Å². The molecule has 1 aliphatic carbocycles. The highest BCUT2D eigenvalue weighted by Crippen LogP contribution is 2.37. The largest absolute Gasteiger partial charge is 0.396 e. The number of benzene rings is 1. The molecule has 0 aliphatic heterocycles. The lowest BCUT2D eigenvalue weighted by atomic mass is 9.85. The minimum Gasteiger partial charge on any atom is -0.396 e. The predicted molar refractivity (Wildman–Crippen MR) is 71.4 cm³/mol. The van der Waals surface area contributed by atoms with Gasteiger partial charge in [0.1, 0.15) is 5.82 Å². The van der Waals surface area contributed by atoms with Crippen molar-refractivity contribution >= 4 is 5.91 Å². The summed E-state index contributed by atoms with van der Waals surface area (Å²) < 4.78 is 13.7. The molecule has 104 valence electrons. The summed E-state index contributed by atoms with van der Waals surface area (Å²) in [5.41, 5.74) is 0.560. The monoisotopic (exact) mass is 265 g/mol. The molecule has 0 saturated heterocycles. The summed E-state index contributed by atoms with van der Waals surface area (Å²) in [5, 5.41) is 12.3. The summed E-state index contributed by atoms with van der Waals surface area (Å²) in [6, 6.07) is 4.49. The van der Waals surface area contributed by atoms with Gasteiger partial charge in [-0.15, -0.1) is 0 Å². The molecular formula is C15H20FNO2. The fourth-order valence-corrected chi connectivity index (χ4v) is 2.71. The molecule has 0 heterocycles. The zero-order chi connectivity index (χ0) is 14.0. The number of halogens is 1. The number of amides is 1. The molecule has 2 atom stereocenters. The van der Waals surface area contributed by atoms with Gasteiger partial charge in [-0.05, 0) is 37.5 Å². The van der Waals surface area contributed by atoms with Gasteiger partial charge in [-0.1, -0.05) is 19.4 Å². The van der Waals surface area contributed by atoms with Crippen molar-refractivity contribution in [1.82, 2.24) is 5.32 Å². The molecule has 4 heteroatoms. The smallest absolute Gasteiger partial charge is 0.254 e. The minimum absolute atomic E-state index is 0.0360. The second-order valence-electron chi connectivity index (χ2n) is 5.71. The van der Waals surface area contributed by atoms with Crippen LogP contribution in [0.5, 0.6) is 0 Å². The number of hydrogen-bond donors (Lipinski definition) is 2. The second-order valence-corrected chi connectivity index (χ2v) is 5.71. The van der Waals surface area contributed by atoms with Gasteiger partial charge in [-0.3, -0.25) is 4.79 Å². The third kappa shape index (κ3) is 2.78. The van der Waals surface area contributed by atoms with Gasteiger partial charge in [0.15, 0.2) is 0 Å². The molecule has 1 amide bonds. The highest BCUT2D eigenvalue weighted by Gasteiger charge is 2.39. The Kier molecular flexibility index (Phi) is 3.90. The highest BCUT2D eigenvalue weighted by atomic mass is 19.1. The summed E-state index contributed by atoms with van der Waals surface area (Å²) in [6.45, 7) is 3.77. The van der Waals surface area contributed by atoms with Crippen LogP contribution in [-0.2, 0) is 0 Å². The average Bonchev–Trinajstić information content (AvgIpc) is 2.71. The summed E-state index contributed by atoms with van der Waals surface area (Å²) >= 11 is 0. The maximum atomic E-state index is 13.7. The van der Waals surface area contributed by atoms with Crippen LogP contribution in [0.1, 0.15) is 42.1 Å². The molecule has 1 aliphatic rings. The molecule has 19 heavy (non-hydrogen) atoms. The van der Waals surface area contributed by atoms with Gasteiger partial charge >= 0.3 is 0 Å². The number of carbonyl (C=O) groups excluding carboxylic acids is 1. The molecule has 0 radical (unpaired) electrons. The number of aliphatic hydroxyl groups excluding tert-OH is 1. The van der Waals surface area contributed by atoms with E-state index in [0.717, 1.165) is 24.8 Å². The lowest BCUT2D eigenvalue weighted by Gasteiger charge is -2.30. The van der Waals surface area contributed by atoms with Crippen LogP contribution in [0.25, 0.3) is 0 Å². The maximum absolute atomic E-state index is 13.7. The van der Waals surface area contributed by atoms with E-state index in [0.29, 0.717) is 0 Å². The van der Waals surface area contributed by atoms with Gasteiger partial charge in [0.2, 0.25) is 0 Å².